The molecule has 0 atom stereocenters. The lowest BCUT2D eigenvalue weighted by Crippen LogP contribution is -2.34. The highest BCUT2D eigenvalue weighted by Gasteiger charge is 2.45. The maximum absolute atomic E-state index is 12.9. The lowest BCUT2D eigenvalue weighted by atomic mass is 9.95. The zero-order valence-corrected chi connectivity index (χ0v) is 11.7. The number of alkyl halides is 2. The van der Waals surface area contributed by atoms with Crippen molar-refractivity contribution < 1.29 is 36.0 Å². The second-order valence-corrected chi connectivity index (χ2v) is 5.47. The van der Waals surface area contributed by atoms with Crippen LogP contribution in [0.15, 0.2) is 18.2 Å². The van der Waals surface area contributed by atoms with E-state index in [1.54, 1.807) is 0 Å². The van der Waals surface area contributed by atoms with Gasteiger partial charge in [0, 0.05) is 0 Å². The molecule has 114 valence electrons. The average molecular weight is 320 g/mol. The SMILES string of the molecule is [B]Cc1ccc(C(=O)OCC(F)(F)S(=O)(=O)O)cc1OC. The topological polar surface area (TPSA) is 89.9 Å². The quantitative estimate of drug-likeness (QED) is 0.478. The van der Waals surface area contributed by atoms with Gasteiger partial charge in [0.15, 0.2) is 6.61 Å². The van der Waals surface area contributed by atoms with Crippen molar-refractivity contribution in [3.8, 4) is 5.75 Å². The van der Waals surface area contributed by atoms with Crippen LogP contribution in [0.25, 0.3) is 0 Å². The molecule has 0 amide bonds. The largest absolute Gasteiger partial charge is 0.496 e. The van der Waals surface area contributed by atoms with Crippen molar-refractivity contribution in [1.82, 2.24) is 0 Å². The Morgan fingerprint density at radius 2 is 2.05 bits per heavy atom. The number of methoxy groups -OCH3 is 1. The molecular formula is C11H11BF2O6S. The Kier molecular flexibility index (Phi) is 5.29. The lowest BCUT2D eigenvalue weighted by molar-refractivity contribution is -0.00952. The van der Waals surface area contributed by atoms with Gasteiger partial charge in [-0.25, -0.2) is 4.79 Å². The van der Waals surface area contributed by atoms with Gasteiger partial charge in [-0.1, -0.05) is 12.4 Å². The molecule has 10 heteroatoms. The Labute approximate surface area is 121 Å². The minimum absolute atomic E-state index is 0.129. The van der Waals surface area contributed by atoms with Crippen molar-refractivity contribution in [3.05, 3.63) is 29.3 Å². The first-order valence-electron chi connectivity index (χ1n) is 5.51. The highest BCUT2D eigenvalue weighted by molar-refractivity contribution is 7.86. The van der Waals surface area contributed by atoms with E-state index < -0.39 is 27.9 Å². The summed E-state index contributed by atoms with van der Waals surface area (Å²) in [6.07, 6.45) is 0.138. The normalized spacial score (nSPS) is 12.0. The third-order valence-corrected chi connectivity index (χ3v) is 3.36. The minimum atomic E-state index is -5.66. The van der Waals surface area contributed by atoms with Crippen molar-refractivity contribution in [1.29, 1.82) is 0 Å². The first kappa shape index (κ1) is 17.4. The van der Waals surface area contributed by atoms with Gasteiger partial charge < -0.3 is 9.47 Å². The minimum Gasteiger partial charge on any atom is -0.496 e. The van der Waals surface area contributed by atoms with Gasteiger partial charge in [0.25, 0.3) is 0 Å². The maximum Gasteiger partial charge on any atom is 0.402 e. The van der Waals surface area contributed by atoms with E-state index >= 15 is 0 Å². The van der Waals surface area contributed by atoms with Crippen LogP contribution in [0.5, 0.6) is 5.75 Å². The van der Waals surface area contributed by atoms with E-state index in [0.29, 0.717) is 5.56 Å². The van der Waals surface area contributed by atoms with Crippen LogP contribution in [0, 0.1) is 0 Å². The monoisotopic (exact) mass is 320 g/mol. The predicted octanol–water partition coefficient (Wildman–Crippen LogP) is 1.00. The van der Waals surface area contributed by atoms with Gasteiger partial charge >= 0.3 is 21.3 Å². The van der Waals surface area contributed by atoms with Gasteiger partial charge in [0.05, 0.1) is 20.5 Å². The van der Waals surface area contributed by atoms with E-state index in [-0.39, 0.29) is 17.6 Å². The number of halogens is 2. The third-order valence-electron chi connectivity index (χ3n) is 2.49. The molecule has 1 rings (SSSR count). The summed E-state index contributed by atoms with van der Waals surface area (Å²) in [5.74, 6) is -0.936. The Bertz CT molecular complexity index is 632. The molecule has 1 aromatic carbocycles. The molecule has 1 aromatic rings. The molecule has 0 saturated carbocycles. The van der Waals surface area contributed by atoms with Gasteiger partial charge in [-0.15, -0.1) is 0 Å². The molecule has 0 bridgehead atoms. The average Bonchev–Trinajstić information content (AvgIpc) is 2.42. The fourth-order valence-corrected chi connectivity index (χ4v) is 1.56. The Morgan fingerprint density at radius 1 is 1.43 bits per heavy atom. The second kappa shape index (κ2) is 6.40. The Hall–Kier alpha value is -1.68. The summed E-state index contributed by atoms with van der Waals surface area (Å²) in [5, 5.41) is -4.58. The number of esters is 1. The molecule has 0 unspecified atom stereocenters. The molecule has 0 heterocycles. The van der Waals surface area contributed by atoms with Gasteiger partial charge in [0.2, 0.25) is 0 Å². The highest BCUT2D eigenvalue weighted by Crippen LogP contribution is 2.23. The second-order valence-electron chi connectivity index (χ2n) is 3.92. The standard InChI is InChI=1S/C11H11BF2O6S/c1-19-9-4-7(2-3-8(9)5-12)10(15)20-6-11(13,14)21(16,17)18/h2-4H,5-6H2,1H3,(H,16,17,18). The number of ether oxygens (including phenoxy) is 2. The molecule has 0 aliphatic carbocycles. The maximum atomic E-state index is 12.9. The zero-order valence-electron chi connectivity index (χ0n) is 10.9. The van der Waals surface area contributed by atoms with Crippen LogP contribution < -0.4 is 4.74 Å². The van der Waals surface area contributed by atoms with E-state index in [2.05, 4.69) is 4.74 Å². The van der Waals surface area contributed by atoms with Gasteiger partial charge in [-0.2, -0.15) is 17.2 Å². The number of benzene rings is 1. The van der Waals surface area contributed by atoms with Crippen molar-refractivity contribution in [3.63, 3.8) is 0 Å². The smallest absolute Gasteiger partial charge is 0.402 e. The van der Waals surface area contributed by atoms with Gasteiger partial charge in [-0.3, -0.25) is 4.55 Å². The molecule has 1 N–H and O–H groups in total. The lowest BCUT2D eigenvalue weighted by Gasteiger charge is -2.13. The fraction of sp³-hybridized carbons (Fsp3) is 0.364. The van der Waals surface area contributed by atoms with E-state index in [9.17, 15) is 22.0 Å². The summed E-state index contributed by atoms with van der Waals surface area (Å²) in [6, 6.07) is 3.92. The number of rotatable bonds is 6. The van der Waals surface area contributed by atoms with Crippen LogP contribution in [-0.4, -0.2) is 45.8 Å². The van der Waals surface area contributed by atoms with Gasteiger partial charge in [0.1, 0.15) is 5.75 Å². The van der Waals surface area contributed by atoms with Crippen LogP contribution in [0.2, 0.25) is 0 Å². The number of hydrogen-bond acceptors (Lipinski definition) is 5. The van der Waals surface area contributed by atoms with Gasteiger partial charge in [-0.05, 0) is 17.7 Å². The highest BCUT2D eigenvalue weighted by atomic mass is 32.2. The number of hydrogen-bond donors (Lipinski definition) is 1. The fourth-order valence-electron chi connectivity index (χ4n) is 1.35. The van der Waals surface area contributed by atoms with Crippen LogP contribution >= 0.6 is 0 Å². The molecule has 0 spiro atoms. The van der Waals surface area contributed by atoms with Crippen LogP contribution in [0.1, 0.15) is 15.9 Å². The molecule has 0 aliphatic rings. The number of carbonyl (C=O) groups excluding carboxylic acids is 1. The molecule has 0 saturated heterocycles. The summed E-state index contributed by atoms with van der Waals surface area (Å²) in [5.41, 5.74) is 0.451. The third kappa shape index (κ3) is 4.15. The van der Waals surface area contributed by atoms with Crippen molar-refractivity contribution in [2.75, 3.05) is 13.7 Å². The summed E-state index contributed by atoms with van der Waals surface area (Å²) >= 11 is 0. The molecule has 2 radical (unpaired) electrons. The van der Waals surface area contributed by atoms with E-state index in [4.69, 9.17) is 17.1 Å². The predicted molar refractivity (Wildman–Crippen MR) is 69.2 cm³/mol. The summed E-state index contributed by atoms with van der Waals surface area (Å²) < 4.78 is 64.0. The molecule has 0 fully saturated rings. The Morgan fingerprint density at radius 3 is 2.52 bits per heavy atom. The van der Waals surface area contributed by atoms with Crippen molar-refractivity contribution in [2.24, 2.45) is 0 Å². The summed E-state index contributed by atoms with van der Waals surface area (Å²) in [7, 11) is 1.10. The van der Waals surface area contributed by atoms with E-state index in [1.165, 1.54) is 25.3 Å². The molecule has 6 nitrogen and oxygen atoms in total. The zero-order chi connectivity index (χ0) is 16.3. The van der Waals surface area contributed by atoms with E-state index in [0.717, 1.165) is 0 Å². The van der Waals surface area contributed by atoms with Crippen LogP contribution in [0.3, 0.4) is 0 Å². The van der Waals surface area contributed by atoms with Crippen molar-refractivity contribution in [2.45, 2.75) is 11.6 Å². The molecule has 21 heavy (non-hydrogen) atoms. The molecule has 0 aliphatic heterocycles. The molecule has 0 aromatic heterocycles. The Balaban J connectivity index is 2.86. The summed E-state index contributed by atoms with van der Waals surface area (Å²) in [6.45, 7) is -1.80. The summed E-state index contributed by atoms with van der Waals surface area (Å²) in [4.78, 5) is 11.6. The van der Waals surface area contributed by atoms with Crippen LogP contribution in [0.4, 0.5) is 8.78 Å². The van der Waals surface area contributed by atoms with Crippen LogP contribution in [-0.2, 0) is 21.2 Å². The van der Waals surface area contributed by atoms with Crippen molar-refractivity contribution >= 4 is 23.9 Å². The molecular weight excluding hydrogens is 309 g/mol. The number of carbonyl (C=O) groups is 1. The first-order valence-corrected chi connectivity index (χ1v) is 6.95. The van der Waals surface area contributed by atoms with E-state index in [1.807, 2.05) is 0 Å². The first-order chi connectivity index (χ1) is 9.62.